The smallest absolute Gasteiger partial charge is 0.318 e. The maximum absolute atomic E-state index is 14.1. The van der Waals surface area contributed by atoms with Crippen molar-refractivity contribution in [1.29, 1.82) is 0 Å². The number of fused-ring (bicyclic) bond motifs is 3. The third-order valence-corrected chi connectivity index (χ3v) is 7.34. The Labute approximate surface area is 233 Å². The first kappa shape index (κ1) is 25.3. The Morgan fingerprint density at radius 1 is 0.925 bits per heavy atom. The summed E-state index contributed by atoms with van der Waals surface area (Å²) in [5.41, 5.74) is 5.69. The van der Waals surface area contributed by atoms with Crippen molar-refractivity contribution in [1.82, 2.24) is 24.6 Å². The normalized spacial score (nSPS) is 14.2. The van der Waals surface area contributed by atoms with Crippen LogP contribution in [0.4, 0.5) is 4.79 Å². The average Bonchev–Trinajstić information content (AvgIpc) is 3.56. The molecule has 0 spiro atoms. The van der Waals surface area contributed by atoms with Crippen molar-refractivity contribution in [3.63, 3.8) is 0 Å². The van der Waals surface area contributed by atoms with Crippen LogP contribution in [0, 0.1) is 6.92 Å². The lowest BCUT2D eigenvalue weighted by Gasteiger charge is -2.31. The van der Waals surface area contributed by atoms with Gasteiger partial charge in [-0.1, -0.05) is 42.5 Å². The second-order valence-electron chi connectivity index (χ2n) is 9.76. The van der Waals surface area contributed by atoms with Crippen LogP contribution < -0.4 is 14.8 Å². The van der Waals surface area contributed by atoms with Gasteiger partial charge in [-0.2, -0.15) is 5.10 Å². The molecule has 1 atom stereocenters. The summed E-state index contributed by atoms with van der Waals surface area (Å²) in [4.78, 5) is 15.9. The molecule has 2 amide bonds. The minimum atomic E-state index is -0.369. The molecule has 1 aliphatic rings. The molecular weight excluding hydrogens is 502 g/mol. The fourth-order valence-corrected chi connectivity index (χ4v) is 5.37. The van der Waals surface area contributed by atoms with Gasteiger partial charge < -0.3 is 24.3 Å². The fraction of sp³-hybridized carbons (Fsp3) is 0.188. The van der Waals surface area contributed by atoms with Gasteiger partial charge in [0.15, 0.2) is 0 Å². The third-order valence-electron chi connectivity index (χ3n) is 7.34. The zero-order valence-corrected chi connectivity index (χ0v) is 22.7. The van der Waals surface area contributed by atoms with Crippen LogP contribution in [0.15, 0.2) is 97.2 Å². The zero-order valence-electron chi connectivity index (χ0n) is 22.7. The fourth-order valence-electron chi connectivity index (χ4n) is 5.37. The van der Waals surface area contributed by atoms with Crippen LogP contribution in [0.1, 0.15) is 34.1 Å². The number of nitrogens with zero attached hydrogens (tertiary/aromatic N) is 4. The van der Waals surface area contributed by atoms with Gasteiger partial charge in [-0.25, -0.2) is 9.48 Å². The number of nitrogens with one attached hydrogen (secondary N) is 1. The van der Waals surface area contributed by atoms with E-state index in [0.717, 1.165) is 51.1 Å². The number of rotatable bonds is 6. The number of aromatic nitrogens is 3. The van der Waals surface area contributed by atoms with Gasteiger partial charge in [-0.15, -0.1) is 0 Å². The summed E-state index contributed by atoms with van der Waals surface area (Å²) >= 11 is 0. The van der Waals surface area contributed by atoms with E-state index in [-0.39, 0.29) is 12.1 Å². The molecule has 8 heteroatoms. The zero-order chi connectivity index (χ0) is 27.6. The Morgan fingerprint density at radius 2 is 1.68 bits per heavy atom. The Bertz CT molecular complexity index is 1660. The Morgan fingerprint density at radius 3 is 2.45 bits per heavy atom. The quantitative estimate of drug-likeness (QED) is 0.299. The molecular formula is C32H31N5O3. The largest absolute Gasteiger partial charge is 0.497 e. The molecule has 0 bridgehead atoms. The summed E-state index contributed by atoms with van der Waals surface area (Å²) in [7, 11) is 3.29. The predicted molar refractivity (Wildman–Crippen MR) is 153 cm³/mol. The lowest BCUT2D eigenvalue weighted by molar-refractivity contribution is 0.180. The molecule has 0 radical (unpaired) electrons. The average molecular weight is 534 g/mol. The molecule has 0 fully saturated rings. The van der Waals surface area contributed by atoms with Crippen LogP contribution in [0.3, 0.4) is 0 Å². The summed E-state index contributed by atoms with van der Waals surface area (Å²) in [6.07, 6.45) is 2.04. The number of para-hydroxylation sites is 1. The molecule has 6 rings (SSSR count). The van der Waals surface area contributed by atoms with Gasteiger partial charge in [-0.3, -0.25) is 0 Å². The highest BCUT2D eigenvalue weighted by Crippen LogP contribution is 2.39. The van der Waals surface area contributed by atoms with Crippen molar-refractivity contribution in [3.05, 3.63) is 125 Å². The highest BCUT2D eigenvalue weighted by atomic mass is 16.5. The number of aryl methyl sites for hydroxylation is 1. The van der Waals surface area contributed by atoms with Crippen LogP contribution in [0.5, 0.6) is 11.5 Å². The second kappa shape index (κ2) is 10.6. The molecule has 3 aromatic carbocycles. The Hall–Kier alpha value is -4.98. The van der Waals surface area contributed by atoms with Gasteiger partial charge in [0.1, 0.15) is 17.3 Å². The number of hydrogen-bond acceptors (Lipinski definition) is 4. The molecule has 0 aliphatic carbocycles. The molecule has 3 heterocycles. The van der Waals surface area contributed by atoms with E-state index in [1.165, 1.54) is 0 Å². The standard InChI is InChI=1S/C32H31N5O3/c1-22-28-21-36(32(38)33-20-23-10-7-14-26(18-23)39-2)30(24-11-8-15-27(19-24)40-3)29-16-9-17-35(29)31(28)37(34-22)25-12-5-4-6-13-25/h4-19,30H,20-21H2,1-3H3,(H,33,38)/t30-/m1/s1. The van der Waals surface area contributed by atoms with Crippen LogP contribution >= 0.6 is 0 Å². The molecule has 0 saturated heterocycles. The molecule has 1 N–H and O–H groups in total. The minimum absolute atomic E-state index is 0.178. The lowest BCUT2D eigenvalue weighted by atomic mass is 10.0. The van der Waals surface area contributed by atoms with Gasteiger partial charge in [0.2, 0.25) is 0 Å². The second-order valence-corrected chi connectivity index (χ2v) is 9.76. The van der Waals surface area contributed by atoms with E-state index >= 15 is 0 Å². The molecule has 5 aromatic rings. The van der Waals surface area contributed by atoms with Crippen LogP contribution in [-0.2, 0) is 13.1 Å². The monoisotopic (exact) mass is 533 g/mol. The molecule has 202 valence electrons. The summed E-state index contributed by atoms with van der Waals surface area (Å²) < 4.78 is 15.0. The number of amides is 2. The number of carbonyl (C=O) groups is 1. The van der Waals surface area contributed by atoms with Crippen molar-refractivity contribution in [2.45, 2.75) is 26.1 Å². The third kappa shape index (κ3) is 4.58. The maximum Gasteiger partial charge on any atom is 0.318 e. The molecule has 1 aliphatic heterocycles. The van der Waals surface area contributed by atoms with Crippen molar-refractivity contribution in [2.75, 3.05) is 14.2 Å². The van der Waals surface area contributed by atoms with E-state index in [9.17, 15) is 4.79 Å². The van der Waals surface area contributed by atoms with E-state index in [0.29, 0.717) is 13.1 Å². The van der Waals surface area contributed by atoms with Crippen molar-refractivity contribution < 1.29 is 14.3 Å². The molecule has 8 nitrogen and oxygen atoms in total. The van der Waals surface area contributed by atoms with Gasteiger partial charge in [0.05, 0.1) is 43.9 Å². The summed E-state index contributed by atoms with van der Waals surface area (Å²) in [5.74, 6) is 2.42. The molecule has 0 saturated carbocycles. The van der Waals surface area contributed by atoms with Crippen LogP contribution in [0.25, 0.3) is 11.5 Å². The van der Waals surface area contributed by atoms with Crippen molar-refractivity contribution >= 4 is 6.03 Å². The minimum Gasteiger partial charge on any atom is -0.497 e. The Kier molecular flexibility index (Phi) is 6.74. The molecule has 2 aromatic heterocycles. The first-order chi connectivity index (χ1) is 19.6. The number of hydrogen-bond donors (Lipinski definition) is 1. The van der Waals surface area contributed by atoms with E-state index in [4.69, 9.17) is 14.6 Å². The summed E-state index contributed by atoms with van der Waals surface area (Å²) in [6.45, 7) is 2.74. The predicted octanol–water partition coefficient (Wildman–Crippen LogP) is 5.80. The van der Waals surface area contributed by atoms with Gasteiger partial charge >= 0.3 is 6.03 Å². The van der Waals surface area contributed by atoms with E-state index in [2.05, 4.69) is 16.0 Å². The summed E-state index contributed by atoms with van der Waals surface area (Å²) in [5, 5.41) is 8.07. The first-order valence-corrected chi connectivity index (χ1v) is 13.2. The first-order valence-electron chi connectivity index (χ1n) is 13.2. The van der Waals surface area contributed by atoms with Crippen molar-refractivity contribution in [3.8, 4) is 23.0 Å². The Balaban J connectivity index is 1.47. The van der Waals surface area contributed by atoms with Crippen LogP contribution in [0.2, 0.25) is 0 Å². The van der Waals surface area contributed by atoms with Gasteiger partial charge in [0, 0.05) is 18.3 Å². The van der Waals surface area contributed by atoms with E-state index in [1.54, 1.807) is 14.2 Å². The van der Waals surface area contributed by atoms with Gasteiger partial charge in [-0.05, 0) is 66.6 Å². The summed E-state index contributed by atoms with van der Waals surface area (Å²) in [6, 6.07) is 29.2. The highest BCUT2D eigenvalue weighted by molar-refractivity contribution is 5.76. The number of benzene rings is 3. The topological polar surface area (TPSA) is 73.5 Å². The van der Waals surface area contributed by atoms with Crippen LogP contribution in [-0.4, -0.2) is 39.5 Å². The SMILES string of the molecule is COc1cccc(CNC(=O)N2Cc3c(C)nn(-c4ccccc4)c3-n3cccc3[C@H]2c2cccc(OC)c2)c1. The number of methoxy groups -OCH3 is 2. The van der Waals surface area contributed by atoms with E-state index < -0.39 is 0 Å². The van der Waals surface area contributed by atoms with E-state index in [1.807, 2.05) is 108 Å². The highest BCUT2D eigenvalue weighted by Gasteiger charge is 2.36. The molecule has 0 unspecified atom stereocenters. The maximum atomic E-state index is 14.1. The molecule has 40 heavy (non-hydrogen) atoms. The lowest BCUT2D eigenvalue weighted by Crippen LogP contribution is -2.41. The van der Waals surface area contributed by atoms with Gasteiger partial charge in [0.25, 0.3) is 0 Å². The number of carbonyl (C=O) groups excluding carboxylic acids is 1. The number of urea groups is 1. The van der Waals surface area contributed by atoms with Crippen molar-refractivity contribution in [2.24, 2.45) is 0 Å². The number of ether oxygens (including phenoxy) is 2.